The van der Waals surface area contributed by atoms with E-state index in [9.17, 15) is 13.2 Å². The quantitative estimate of drug-likeness (QED) is 0.648. The van der Waals surface area contributed by atoms with E-state index in [1.807, 2.05) is 0 Å². The van der Waals surface area contributed by atoms with Gasteiger partial charge in [0.15, 0.2) is 0 Å². The molecule has 0 unspecified atom stereocenters. The largest absolute Gasteiger partial charge is 0.451 e. The third-order valence-corrected chi connectivity index (χ3v) is 1.68. The lowest BCUT2D eigenvalue weighted by molar-refractivity contribution is -0.144. The molecule has 1 aromatic carbocycles. The van der Waals surface area contributed by atoms with Crippen molar-refractivity contribution >= 4 is 10.9 Å². The van der Waals surface area contributed by atoms with Crippen molar-refractivity contribution in [2.45, 2.75) is 6.18 Å². The smallest absolute Gasteiger partial charge is 0.232 e. The molecule has 0 bridgehead atoms. The average molecular weight is 197 g/mol. The molecule has 71 valence electrons. The van der Waals surface area contributed by atoms with Crippen LogP contribution in [-0.4, -0.2) is 9.97 Å². The maximum atomic E-state index is 12.2. The molecule has 1 aromatic heterocycles. The van der Waals surface area contributed by atoms with Gasteiger partial charge in [-0.05, 0) is 18.2 Å². The SMILES string of the molecule is FC(F)(F)c1ncc2c[c]ccc2n1. The zero-order valence-electron chi connectivity index (χ0n) is 6.84. The Bertz CT molecular complexity index is 465. The minimum Gasteiger partial charge on any atom is -0.232 e. The van der Waals surface area contributed by atoms with Gasteiger partial charge >= 0.3 is 6.18 Å². The fourth-order valence-corrected chi connectivity index (χ4v) is 1.05. The van der Waals surface area contributed by atoms with Crippen molar-refractivity contribution in [1.29, 1.82) is 0 Å². The fourth-order valence-electron chi connectivity index (χ4n) is 1.05. The van der Waals surface area contributed by atoms with Gasteiger partial charge in [-0.3, -0.25) is 0 Å². The second-order valence-electron chi connectivity index (χ2n) is 2.68. The van der Waals surface area contributed by atoms with E-state index in [-0.39, 0.29) is 5.52 Å². The Hall–Kier alpha value is -1.65. The van der Waals surface area contributed by atoms with Crippen LogP contribution in [0.4, 0.5) is 13.2 Å². The molecule has 0 spiro atoms. The highest BCUT2D eigenvalue weighted by Gasteiger charge is 2.34. The van der Waals surface area contributed by atoms with E-state index in [2.05, 4.69) is 16.0 Å². The number of alkyl halides is 3. The number of halogens is 3. The lowest BCUT2D eigenvalue weighted by atomic mass is 10.2. The molecule has 1 heterocycles. The molecule has 0 amide bonds. The summed E-state index contributed by atoms with van der Waals surface area (Å²) in [5, 5.41) is 0.542. The lowest BCUT2D eigenvalue weighted by Gasteiger charge is -2.04. The number of nitrogens with zero attached hydrogens (tertiary/aromatic N) is 2. The Balaban J connectivity index is 2.63. The predicted molar refractivity (Wildman–Crippen MR) is 43.4 cm³/mol. The van der Waals surface area contributed by atoms with Crippen LogP contribution in [0, 0.1) is 6.07 Å². The first kappa shape index (κ1) is 8.93. The van der Waals surface area contributed by atoms with Gasteiger partial charge in [-0.25, -0.2) is 9.97 Å². The third-order valence-electron chi connectivity index (χ3n) is 1.68. The van der Waals surface area contributed by atoms with Gasteiger partial charge in [0.05, 0.1) is 5.52 Å². The number of benzene rings is 1. The zero-order valence-corrected chi connectivity index (χ0v) is 6.84. The van der Waals surface area contributed by atoms with Crippen LogP contribution in [0.15, 0.2) is 24.4 Å². The summed E-state index contributed by atoms with van der Waals surface area (Å²) in [6.07, 6.45) is -3.35. The summed E-state index contributed by atoms with van der Waals surface area (Å²) in [4.78, 5) is 6.61. The van der Waals surface area contributed by atoms with Crippen molar-refractivity contribution in [3.8, 4) is 0 Å². The summed E-state index contributed by atoms with van der Waals surface area (Å²) in [5.74, 6) is -1.11. The van der Waals surface area contributed by atoms with Crippen molar-refractivity contribution in [3.63, 3.8) is 0 Å². The molecule has 0 N–H and O–H groups in total. The Morgan fingerprint density at radius 2 is 2.07 bits per heavy atom. The Kier molecular flexibility index (Phi) is 1.87. The van der Waals surface area contributed by atoms with E-state index in [1.54, 1.807) is 0 Å². The van der Waals surface area contributed by atoms with Crippen molar-refractivity contribution < 1.29 is 13.2 Å². The highest BCUT2D eigenvalue weighted by Crippen LogP contribution is 2.26. The van der Waals surface area contributed by atoms with Gasteiger partial charge in [-0.15, -0.1) is 0 Å². The molecule has 0 fully saturated rings. The summed E-state index contributed by atoms with van der Waals surface area (Å²) < 4.78 is 36.5. The molecular formula is C9H4F3N2. The van der Waals surface area contributed by atoms with Gasteiger partial charge in [0, 0.05) is 11.6 Å². The maximum absolute atomic E-state index is 12.2. The maximum Gasteiger partial charge on any atom is 0.451 e. The average Bonchev–Trinajstić information content (AvgIpc) is 2.16. The summed E-state index contributed by atoms with van der Waals surface area (Å²) in [7, 11) is 0. The zero-order chi connectivity index (χ0) is 10.2. The first-order valence-corrected chi connectivity index (χ1v) is 3.77. The van der Waals surface area contributed by atoms with Gasteiger partial charge in [0.2, 0.25) is 5.82 Å². The Morgan fingerprint density at radius 3 is 2.79 bits per heavy atom. The molecule has 0 saturated heterocycles. The molecule has 2 rings (SSSR count). The van der Waals surface area contributed by atoms with E-state index in [4.69, 9.17) is 0 Å². The number of hydrogen-bond donors (Lipinski definition) is 0. The van der Waals surface area contributed by atoms with Crippen molar-refractivity contribution in [2.75, 3.05) is 0 Å². The van der Waals surface area contributed by atoms with E-state index in [1.165, 1.54) is 18.2 Å². The predicted octanol–water partition coefficient (Wildman–Crippen LogP) is 2.45. The molecule has 5 heteroatoms. The van der Waals surface area contributed by atoms with Crippen LogP contribution in [0.25, 0.3) is 10.9 Å². The summed E-state index contributed by atoms with van der Waals surface area (Å²) in [6.45, 7) is 0. The highest BCUT2D eigenvalue weighted by atomic mass is 19.4. The molecule has 0 aliphatic heterocycles. The van der Waals surface area contributed by atoms with Gasteiger partial charge in [-0.2, -0.15) is 13.2 Å². The molecule has 2 aromatic rings. The third kappa shape index (κ3) is 1.53. The number of hydrogen-bond acceptors (Lipinski definition) is 2. The van der Waals surface area contributed by atoms with E-state index >= 15 is 0 Å². The lowest BCUT2D eigenvalue weighted by Crippen LogP contribution is -2.10. The first-order chi connectivity index (χ1) is 6.57. The van der Waals surface area contributed by atoms with Gasteiger partial charge in [0.25, 0.3) is 0 Å². The molecule has 2 nitrogen and oxygen atoms in total. The second-order valence-corrected chi connectivity index (χ2v) is 2.68. The topological polar surface area (TPSA) is 25.8 Å². The van der Waals surface area contributed by atoms with E-state index in [0.717, 1.165) is 6.20 Å². The molecule has 0 aliphatic rings. The molecule has 0 atom stereocenters. The number of rotatable bonds is 0. The number of fused-ring (bicyclic) bond motifs is 1. The van der Waals surface area contributed by atoms with Crippen LogP contribution in [0.1, 0.15) is 5.82 Å². The summed E-state index contributed by atoms with van der Waals surface area (Å²) in [5.41, 5.74) is 0.270. The van der Waals surface area contributed by atoms with E-state index < -0.39 is 12.0 Å². The number of aromatic nitrogens is 2. The Labute approximate surface area is 77.4 Å². The summed E-state index contributed by atoms with van der Waals surface area (Å²) >= 11 is 0. The normalized spacial score (nSPS) is 11.9. The molecule has 0 saturated carbocycles. The van der Waals surface area contributed by atoms with Crippen LogP contribution >= 0.6 is 0 Å². The van der Waals surface area contributed by atoms with Gasteiger partial charge in [0.1, 0.15) is 0 Å². The summed E-state index contributed by atoms with van der Waals surface area (Å²) in [6, 6.07) is 7.24. The van der Waals surface area contributed by atoms with Crippen LogP contribution in [0.2, 0.25) is 0 Å². The Morgan fingerprint density at radius 1 is 1.29 bits per heavy atom. The standard InChI is InChI=1S/C9H4F3N2/c10-9(11,12)8-13-5-6-3-1-2-4-7(6)14-8/h2-5H. The van der Waals surface area contributed by atoms with Crippen LogP contribution in [-0.2, 0) is 6.18 Å². The highest BCUT2D eigenvalue weighted by molar-refractivity contribution is 5.77. The minimum atomic E-state index is -4.49. The van der Waals surface area contributed by atoms with Crippen molar-refractivity contribution in [3.05, 3.63) is 36.3 Å². The first-order valence-electron chi connectivity index (χ1n) is 3.77. The van der Waals surface area contributed by atoms with Gasteiger partial charge < -0.3 is 0 Å². The molecule has 1 radical (unpaired) electrons. The van der Waals surface area contributed by atoms with Gasteiger partial charge in [-0.1, -0.05) is 6.07 Å². The van der Waals surface area contributed by atoms with Crippen LogP contribution < -0.4 is 0 Å². The molecular weight excluding hydrogens is 193 g/mol. The van der Waals surface area contributed by atoms with Crippen molar-refractivity contribution in [2.24, 2.45) is 0 Å². The van der Waals surface area contributed by atoms with E-state index in [0.29, 0.717) is 5.39 Å². The fraction of sp³-hybridized carbons (Fsp3) is 0.111. The van der Waals surface area contributed by atoms with Crippen LogP contribution in [0.3, 0.4) is 0 Å². The second kappa shape index (κ2) is 2.94. The monoisotopic (exact) mass is 197 g/mol. The molecule has 0 aliphatic carbocycles. The molecule has 14 heavy (non-hydrogen) atoms. The van der Waals surface area contributed by atoms with Crippen LogP contribution in [0.5, 0.6) is 0 Å². The minimum absolute atomic E-state index is 0.270. The van der Waals surface area contributed by atoms with Crippen molar-refractivity contribution in [1.82, 2.24) is 9.97 Å².